The lowest BCUT2D eigenvalue weighted by Crippen LogP contribution is -2.10. The summed E-state index contributed by atoms with van der Waals surface area (Å²) in [6.45, 7) is 10.5. The molecule has 0 aliphatic carbocycles. The highest BCUT2D eigenvalue weighted by Gasteiger charge is 2.29. The normalized spacial score (nSPS) is 11.8. The van der Waals surface area contributed by atoms with Gasteiger partial charge in [-0.3, -0.25) is 0 Å². The molecule has 0 saturated heterocycles. The predicted molar refractivity (Wildman–Crippen MR) is 298 cm³/mol. The van der Waals surface area contributed by atoms with Gasteiger partial charge in [0.25, 0.3) is 0 Å². The van der Waals surface area contributed by atoms with Gasteiger partial charge in [-0.2, -0.15) is 0 Å². The summed E-state index contributed by atoms with van der Waals surface area (Å²) in [5.41, 5.74) is 16.6. The average molecular weight is 881 g/mol. The van der Waals surface area contributed by atoms with E-state index in [1.54, 1.807) is 0 Å². The summed E-state index contributed by atoms with van der Waals surface area (Å²) >= 11 is 0. The van der Waals surface area contributed by atoms with E-state index in [1.165, 1.54) is 104 Å². The Kier molecular flexibility index (Phi) is 9.39. The van der Waals surface area contributed by atoms with E-state index < -0.39 is 0 Å². The maximum absolute atomic E-state index is 4.05. The minimum atomic E-state index is 1.09. The molecule has 13 aromatic carbocycles. The molecule has 0 spiro atoms. The Morgan fingerprint density at radius 2 is 0.609 bits per heavy atom. The molecular weight excluding hydrogens is 833 g/mol. The van der Waals surface area contributed by atoms with E-state index in [4.69, 9.17) is 0 Å². The summed E-state index contributed by atoms with van der Waals surface area (Å²) in [6, 6.07) is 81.3. The number of anilines is 6. The lowest BCUT2D eigenvalue weighted by molar-refractivity contribution is 1.28. The minimum absolute atomic E-state index is 1.09. The van der Waals surface area contributed by atoms with Gasteiger partial charge in [0, 0.05) is 33.5 Å². The van der Waals surface area contributed by atoms with Crippen molar-refractivity contribution >= 4 is 105 Å². The summed E-state index contributed by atoms with van der Waals surface area (Å²) in [4.78, 5) is 4.85. The zero-order valence-electron chi connectivity index (χ0n) is 39.0. The van der Waals surface area contributed by atoms with Crippen molar-refractivity contribution in [2.75, 3.05) is 9.80 Å². The van der Waals surface area contributed by atoms with Crippen molar-refractivity contribution in [3.63, 3.8) is 0 Å². The molecule has 0 amide bonds. The minimum Gasteiger partial charge on any atom is -0.310 e. The molecule has 0 atom stereocenters. The number of hydrogen-bond donors (Lipinski definition) is 0. The third kappa shape index (κ3) is 6.33. The van der Waals surface area contributed by atoms with Crippen LogP contribution in [0.2, 0.25) is 0 Å². The van der Waals surface area contributed by atoms with E-state index in [0.717, 1.165) is 39.7 Å². The van der Waals surface area contributed by atoms with Crippen molar-refractivity contribution in [1.29, 1.82) is 0 Å². The first-order chi connectivity index (χ1) is 33.9. The fraction of sp³-hybridized carbons (Fsp3) is 0.0448. The van der Waals surface area contributed by atoms with Crippen LogP contribution in [-0.2, 0) is 0 Å². The maximum Gasteiger partial charge on any atom is 0.0540 e. The van der Waals surface area contributed by atoms with Gasteiger partial charge in [0.2, 0.25) is 0 Å². The molecular formula is C67H48N2. The van der Waals surface area contributed by atoms with Crippen molar-refractivity contribution < 1.29 is 0 Å². The first-order valence-corrected chi connectivity index (χ1v) is 24.0. The van der Waals surface area contributed by atoms with Gasteiger partial charge in [-0.1, -0.05) is 187 Å². The van der Waals surface area contributed by atoms with Gasteiger partial charge in [0.15, 0.2) is 0 Å². The standard InChI is InChI=1S/C67H48N2/c1-5-45-28-36-51(37-29-45)69(50-34-26-44(4)27-35-50)59-41-39-57-63-53(59)19-13-21-55(63)65-61(47-16-10-7-11-17-47)66-56-38-40-58(68(48-30-22-42(2)23-31-48)49-32-24-43(3)25-33-49)52-18-12-20-54(62(52)56)64(66)60(67(57)65)46-14-8-6-9-15-46/h5-41H,1H2,2-4H3. The maximum atomic E-state index is 4.05. The van der Waals surface area contributed by atoms with Crippen LogP contribution in [-0.4, -0.2) is 0 Å². The van der Waals surface area contributed by atoms with Crippen LogP contribution in [0, 0.1) is 20.8 Å². The highest BCUT2D eigenvalue weighted by Crippen LogP contribution is 2.57. The van der Waals surface area contributed by atoms with E-state index in [-0.39, 0.29) is 0 Å². The quantitative estimate of drug-likeness (QED) is 0.143. The Balaban J connectivity index is 1.18. The zero-order chi connectivity index (χ0) is 46.3. The fourth-order valence-corrected chi connectivity index (χ4v) is 11.3. The van der Waals surface area contributed by atoms with Crippen LogP contribution in [0.25, 0.3) is 93.0 Å². The van der Waals surface area contributed by atoms with E-state index >= 15 is 0 Å². The molecule has 0 fully saturated rings. The second kappa shape index (κ2) is 16.0. The molecule has 326 valence electrons. The summed E-state index contributed by atoms with van der Waals surface area (Å²) in [7, 11) is 0. The molecule has 0 bridgehead atoms. The van der Waals surface area contributed by atoms with Gasteiger partial charge in [-0.25, -0.2) is 0 Å². The van der Waals surface area contributed by atoms with Crippen LogP contribution in [0.4, 0.5) is 34.1 Å². The Morgan fingerprint density at radius 3 is 0.957 bits per heavy atom. The molecule has 2 heteroatoms. The molecule has 2 nitrogen and oxygen atoms in total. The van der Waals surface area contributed by atoms with Crippen molar-refractivity contribution in [3.05, 3.63) is 247 Å². The van der Waals surface area contributed by atoms with E-state index in [9.17, 15) is 0 Å². The first-order valence-electron chi connectivity index (χ1n) is 24.0. The molecule has 0 aromatic heterocycles. The van der Waals surface area contributed by atoms with Crippen LogP contribution in [0.5, 0.6) is 0 Å². The van der Waals surface area contributed by atoms with E-state index in [1.807, 2.05) is 6.08 Å². The first kappa shape index (κ1) is 40.5. The highest BCUT2D eigenvalue weighted by molar-refractivity contribution is 6.47. The number of fused-ring (bicyclic) bond motifs is 6. The second-order valence-electron chi connectivity index (χ2n) is 18.7. The molecule has 13 rings (SSSR count). The Morgan fingerprint density at radius 1 is 0.290 bits per heavy atom. The summed E-state index contributed by atoms with van der Waals surface area (Å²) in [6.07, 6.45) is 1.91. The van der Waals surface area contributed by atoms with Crippen molar-refractivity contribution in [2.24, 2.45) is 0 Å². The monoisotopic (exact) mass is 880 g/mol. The summed E-state index contributed by atoms with van der Waals surface area (Å²) < 4.78 is 0. The lowest BCUT2D eigenvalue weighted by atomic mass is 9.87. The van der Waals surface area contributed by atoms with Crippen LogP contribution in [0.15, 0.2) is 225 Å². The molecule has 0 aliphatic heterocycles. The molecule has 13 aromatic rings. The highest BCUT2D eigenvalue weighted by atomic mass is 15.1. The third-order valence-electron chi connectivity index (χ3n) is 14.5. The largest absolute Gasteiger partial charge is 0.310 e. The SMILES string of the molecule is C=Cc1ccc(N(c2ccc(C)cc2)c2ccc3c4c(-c5ccccc5)c5c6cccc7c(N(c8ccc(C)cc8)c8ccc(C)cc8)ccc(c5c(-c5ccccc5)c4c4cccc2c43)c76)cc1. The molecule has 0 unspecified atom stereocenters. The van der Waals surface area contributed by atoms with Gasteiger partial charge in [0.1, 0.15) is 0 Å². The van der Waals surface area contributed by atoms with Crippen LogP contribution < -0.4 is 9.80 Å². The molecule has 69 heavy (non-hydrogen) atoms. The molecule has 0 radical (unpaired) electrons. The fourth-order valence-electron chi connectivity index (χ4n) is 11.3. The van der Waals surface area contributed by atoms with Crippen molar-refractivity contribution in [2.45, 2.75) is 20.8 Å². The van der Waals surface area contributed by atoms with Gasteiger partial charge in [0.05, 0.1) is 11.4 Å². The molecule has 0 heterocycles. The van der Waals surface area contributed by atoms with Crippen LogP contribution in [0.1, 0.15) is 22.3 Å². The Labute approximate surface area is 402 Å². The topological polar surface area (TPSA) is 6.48 Å². The van der Waals surface area contributed by atoms with Crippen LogP contribution >= 0.6 is 0 Å². The Hall–Kier alpha value is -8.72. The zero-order valence-corrected chi connectivity index (χ0v) is 39.0. The van der Waals surface area contributed by atoms with Crippen LogP contribution in [0.3, 0.4) is 0 Å². The van der Waals surface area contributed by atoms with Gasteiger partial charge < -0.3 is 9.80 Å². The predicted octanol–water partition coefficient (Wildman–Crippen LogP) is 19.3. The van der Waals surface area contributed by atoms with E-state index in [0.29, 0.717) is 0 Å². The third-order valence-corrected chi connectivity index (χ3v) is 14.5. The average Bonchev–Trinajstić information content (AvgIpc) is 3.91. The lowest BCUT2D eigenvalue weighted by Gasteiger charge is -2.27. The molecule has 0 saturated carbocycles. The summed E-state index contributed by atoms with van der Waals surface area (Å²) in [5.74, 6) is 0. The number of nitrogens with zero attached hydrogens (tertiary/aromatic N) is 2. The number of rotatable bonds is 9. The summed E-state index contributed by atoms with van der Waals surface area (Å²) in [5, 5.41) is 15.2. The smallest absolute Gasteiger partial charge is 0.0540 e. The number of hydrogen-bond acceptors (Lipinski definition) is 2. The number of benzene rings is 11. The van der Waals surface area contributed by atoms with Gasteiger partial charge in [-0.15, -0.1) is 0 Å². The van der Waals surface area contributed by atoms with E-state index in [2.05, 4.69) is 256 Å². The van der Waals surface area contributed by atoms with Gasteiger partial charge >= 0.3 is 0 Å². The molecule has 0 N–H and O–H groups in total. The number of aryl methyl sites for hydroxylation is 3. The Bertz CT molecular complexity index is 3920. The second-order valence-corrected chi connectivity index (χ2v) is 18.7. The van der Waals surface area contributed by atoms with Gasteiger partial charge in [-0.05, 0) is 163 Å². The van der Waals surface area contributed by atoms with Crippen molar-refractivity contribution in [3.8, 4) is 22.3 Å². The van der Waals surface area contributed by atoms with Crippen molar-refractivity contribution in [1.82, 2.24) is 0 Å². The molecule has 0 aliphatic rings.